The highest BCUT2D eigenvalue weighted by molar-refractivity contribution is 5.05. The van der Waals surface area contributed by atoms with Gasteiger partial charge in [0.15, 0.2) is 0 Å². The molecular formula is C11H20N2O2. The van der Waals surface area contributed by atoms with Crippen LogP contribution in [0.3, 0.4) is 0 Å². The third-order valence-electron chi connectivity index (χ3n) is 2.33. The number of rotatable bonds is 6. The van der Waals surface area contributed by atoms with Gasteiger partial charge in [0.25, 0.3) is 0 Å². The van der Waals surface area contributed by atoms with Crippen molar-refractivity contribution < 1.29 is 9.52 Å². The van der Waals surface area contributed by atoms with Crippen LogP contribution in [0.15, 0.2) is 16.5 Å². The predicted molar refractivity (Wildman–Crippen MR) is 59.7 cm³/mol. The van der Waals surface area contributed by atoms with Crippen LogP contribution in [0.1, 0.15) is 11.5 Å². The minimum atomic E-state index is -0.437. The summed E-state index contributed by atoms with van der Waals surface area (Å²) in [6, 6.07) is 3.95. The Hall–Kier alpha value is -0.840. The van der Waals surface area contributed by atoms with Gasteiger partial charge in [0.05, 0.1) is 6.10 Å². The van der Waals surface area contributed by atoms with E-state index in [1.807, 2.05) is 26.1 Å². The summed E-state index contributed by atoms with van der Waals surface area (Å²) in [7, 11) is 1.97. The van der Waals surface area contributed by atoms with Gasteiger partial charge in [-0.1, -0.05) is 0 Å². The molecule has 0 saturated heterocycles. The van der Waals surface area contributed by atoms with Crippen molar-refractivity contribution in [3.63, 3.8) is 0 Å². The molecule has 0 aliphatic rings. The molecule has 1 rings (SSSR count). The highest BCUT2D eigenvalue weighted by Crippen LogP contribution is 2.07. The van der Waals surface area contributed by atoms with E-state index < -0.39 is 6.10 Å². The maximum absolute atomic E-state index is 9.34. The van der Waals surface area contributed by atoms with Gasteiger partial charge in [0.1, 0.15) is 11.5 Å². The first kappa shape index (κ1) is 12.2. The zero-order chi connectivity index (χ0) is 11.3. The third kappa shape index (κ3) is 4.46. The second-order valence-electron chi connectivity index (χ2n) is 3.91. The molecule has 4 heteroatoms. The van der Waals surface area contributed by atoms with Crippen LogP contribution >= 0.6 is 0 Å². The van der Waals surface area contributed by atoms with Crippen LogP contribution in [0.4, 0.5) is 0 Å². The number of likely N-dealkylation sites (N-methyl/N-ethyl adjacent to an activating group) is 1. The molecule has 1 aromatic heterocycles. The smallest absolute Gasteiger partial charge is 0.105 e. The Bertz CT molecular complexity index is 286. The summed E-state index contributed by atoms with van der Waals surface area (Å²) in [5.74, 6) is 1.93. The molecule has 1 heterocycles. The van der Waals surface area contributed by atoms with Gasteiger partial charge >= 0.3 is 0 Å². The van der Waals surface area contributed by atoms with E-state index in [1.165, 1.54) is 0 Å². The van der Waals surface area contributed by atoms with Crippen molar-refractivity contribution >= 4 is 0 Å². The SMILES string of the molecule is Cc1ccc(CCN(C)CC(O)CN)o1. The van der Waals surface area contributed by atoms with Crippen LogP contribution in [-0.2, 0) is 6.42 Å². The standard InChI is InChI=1S/C11H20N2O2/c1-9-3-4-11(15-9)5-6-13(2)8-10(14)7-12/h3-4,10,14H,5-8,12H2,1-2H3. The van der Waals surface area contributed by atoms with Gasteiger partial charge in [-0.25, -0.2) is 0 Å². The first-order valence-corrected chi connectivity index (χ1v) is 5.24. The topological polar surface area (TPSA) is 62.6 Å². The van der Waals surface area contributed by atoms with Gasteiger partial charge in [0, 0.05) is 26.1 Å². The van der Waals surface area contributed by atoms with Gasteiger partial charge in [-0.2, -0.15) is 0 Å². The molecule has 0 aromatic carbocycles. The van der Waals surface area contributed by atoms with Crippen LogP contribution in [0.2, 0.25) is 0 Å². The molecule has 15 heavy (non-hydrogen) atoms. The summed E-state index contributed by atoms with van der Waals surface area (Å²) < 4.78 is 5.45. The zero-order valence-corrected chi connectivity index (χ0v) is 9.44. The van der Waals surface area contributed by atoms with Gasteiger partial charge in [-0.3, -0.25) is 0 Å². The molecule has 1 atom stereocenters. The Morgan fingerprint density at radius 3 is 2.80 bits per heavy atom. The Balaban J connectivity index is 2.25. The number of nitrogens with zero attached hydrogens (tertiary/aromatic N) is 1. The van der Waals surface area contributed by atoms with E-state index in [1.54, 1.807) is 0 Å². The fourth-order valence-electron chi connectivity index (χ4n) is 1.45. The Morgan fingerprint density at radius 1 is 1.53 bits per heavy atom. The van der Waals surface area contributed by atoms with E-state index in [2.05, 4.69) is 4.90 Å². The van der Waals surface area contributed by atoms with E-state index in [-0.39, 0.29) is 0 Å². The van der Waals surface area contributed by atoms with E-state index in [9.17, 15) is 5.11 Å². The number of aryl methyl sites for hydroxylation is 1. The van der Waals surface area contributed by atoms with Crippen LogP contribution in [-0.4, -0.2) is 42.8 Å². The summed E-state index contributed by atoms with van der Waals surface area (Å²) in [5, 5.41) is 9.34. The molecule has 0 amide bonds. The highest BCUT2D eigenvalue weighted by atomic mass is 16.3. The lowest BCUT2D eigenvalue weighted by atomic mass is 10.3. The summed E-state index contributed by atoms with van der Waals surface area (Å²) >= 11 is 0. The monoisotopic (exact) mass is 212 g/mol. The van der Waals surface area contributed by atoms with Crippen molar-refractivity contribution in [2.45, 2.75) is 19.4 Å². The third-order valence-corrected chi connectivity index (χ3v) is 2.33. The second-order valence-corrected chi connectivity index (χ2v) is 3.91. The van der Waals surface area contributed by atoms with Gasteiger partial charge in [-0.05, 0) is 26.1 Å². The second kappa shape index (κ2) is 5.90. The maximum atomic E-state index is 9.34. The van der Waals surface area contributed by atoms with Crippen LogP contribution < -0.4 is 5.73 Å². The Morgan fingerprint density at radius 2 is 2.27 bits per heavy atom. The average molecular weight is 212 g/mol. The van der Waals surface area contributed by atoms with E-state index in [0.717, 1.165) is 24.5 Å². The van der Waals surface area contributed by atoms with Crippen molar-refractivity contribution in [3.05, 3.63) is 23.7 Å². The molecule has 0 fully saturated rings. The van der Waals surface area contributed by atoms with Crippen molar-refractivity contribution in [3.8, 4) is 0 Å². The largest absolute Gasteiger partial charge is 0.466 e. The first-order chi connectivity index (χ1) is 7.11. The summed E-state index contributed by atoms with van der Waals surface area (Å²) in [6.45, 7) is 3.72. The van der Waals surface area contributed by atoms with Crippen LogP contribution in [0, 0.1) is 6.92 Å². The lowest BCUT2D eigenvalue weighted by Gasteiger charge is -2.18. The fraction of sp³-hybridized carbons (Fsp3) is 0.636. The minimum Gasteiger partial charge on any atom is -0.466 e. The summed E-state index contributed by atoms with van der Waals surface area (Å²) in [6.07, 6.45) is 0.426. The quantitative estimate of drug-likeness (QED) is 0.715. The van der Waals surface area contributed by atoms with Crippen molar-refractivity contribution in [1.29, 1.82) is 0 Å². The van der Waals surface area contributed by atoms with E-state index in [0.29, 0.717) is 13.1 Å². The number of furan rings is 1. The summed E-state index contributed by atoms with van der Waals surface area (Å²) in [4.78, 5) is 2.05. The van der Waals surface area contributed by atoms with E-state index >= 15 is 0 Å². The predicted octanol–water partition coefficient (Wildman–Crippen LogP) is 0.382. The fourth-order valence-corrected chi connectivity index (χ4v) is 1.45. The number of hydrogen-bond acceptors (Lipinski definition) is 4. The van der Waals surface area contributed by atoms with Crippen molar-refractivity contribution in [2.75, 3.05) is 26.7 Å². The van der Waals surface area contributed by atoms with Gasteiger partial charge in [-0.15, -0.1) is 0 Å². The number of aliphatic hydroxyl groups is 1. The molecule has 0 aliphatic heterocycles. The Labute approximate surface area is 90.7 Å². The number of hydrogen-bond donors (Lipinski definition) is 2. The lowest BCUT2D eigenvalue weighted by molar-refractivity contribution is 0.132. The molecular weight excluding hydrogens is 192 g/mol. The molecule has 0 spiro atoms. The molecule has 86 valence electrons. The Kier molecular flexibility index (Phi) is 4.81. The molecule has 1 aromatic rings. The van der Waals surface area contributed by atoms with E-state index in [4.69, 9.17) is 10.2 Å². The van der Waals surface area contributed by atoms with Crippen LogP contribution in [0.5, 0.6) is 0 Å². The lowest BCUT2D eigenvalue weighted by Crippen LogP contribution is -2.35. The molecule has 0 bridgehead atoms. The number of aliphatic hydroxyl groups excluding tert-OH is 1. The van der Waals surface area contributed by atoms with Gasteiger partial charge < -0.3 is 20.2 Å². The van der Waals surface area contributed by atoms with Crippen molar-refractivity contribution in [1.82, 2.24) is 4.90 Å². The first-order valence-electron chi connectivity index (χ1n) is 5.24. The molecule has 3 N–H and O–H groups in total. The minimum absolute atomic E-state index is 0.310. The zero-order valence-electron chi connectivity index (χ0n) is 9.44. The summed E-state index contributed by atoms with van der Waals surface area (Å²) in [5.41, 5.74) is 5.34. The van der Waals surface area contributed by atoms with Crippen molar-refractivity contribution in [2.24, 2.45) is 5.73 Å². The highest BCUT2D eigenvalue weighted by Gasteiger charge is 2.07. The molecule has 0 saturated carbocycles. The van der Waals surface area contributed by atoms with Gasteiger partial charge in [0.2, 0.25) is 0 Å². The molecule has 1 unspecified atom stereocenters. The molecule has 0 radical (unpaired) electrons. The molecule has 4 nitrogen and oxygen atoms in total. The molecule has 0 aliphatic carbocycles. The van der Waals surface area contributed by atoms with Crippen LogP contribution in [0.25, 0.3) is 0 Å². The number of nitrogens with two attached hydrogens (primary N) is 1. The average Bonchev–Trinajstić information content (AvgIpc) is 2.61. The maximum Gasteiger partial charge on any atom is 0.105 e. The normalized spacial score (nSPS) is 13.4.